The molecule has 0 radical (unpaired) electrons. The lowest BCUT2D eigenvalue weighted by atomic mass is 10.0. The van der Waals surface area contributed by atoms with Crippen molar-refractivity contribution in [2.24, 2.45) is 0 Å². The van der Waals surface area contributed by atoms with Gasteiger partial charge in [-0.25, -0.2) is 9.97 Å². The van der Waals surface area contributed by atoms with Gasteiger partial charge in [-0.15, -0.1) is 0 Å². The highest BCUT2D eigenvalue weighted by Crippen LogP contribution is 2.46. The Kier molecular flexibility index (Phi) is 7.43. The molecule has 0 spiro atoms. The van der Waals surface area contributed by atoms with E-state index in [0.29, 0.717) is 40.0 Å². The molecule has 0 aliphatic carbocycles. The number of halogens is 1. The molecule has 1 aliphatic rings. The first-order chi connectivity index (χ1) is 19.3. The lowest BCUT2D eigenvalue weighted by Crippen LogP contribution is -2.31. The van der Waals surface area contributed by atoms with Gasteiger partial charge in [-0.3, -0.25) is 9.69 Å². The van der Waals surface area contributed by atoms with E-state index in [1.807, 2.05) is 36.6 Å². The predicted octanol–water partition coefficient (Wildman–Crippen LogP) is 5.15. The molecule has 4 aromatic rings. The Morgan fingerprint density at radius 3 is 2.50 bits per heavy atom. The normalized spacial score (nSPS) is 15.1. The number of nitrogens with zero attached hydrogens (tertiary/aromatic N) is 6. The van der Waals surface area contributed by atoms with Gasteiger partial charge in [0, 0.05) is 24.0 Å². The summed E-state index contributed by atoms with van der Waals surface area (Å²) >= 11 is 6.40. The van der Waals surface area contributed by atoms with Crippen LogP contribution in [0, 0.1) is 18.3 Å². The van der Waals surface area contributed by atoms with Crippen molar-refractivity contribution in [1.82, 2.24) is 19.5 Å². The molecule has 1 amide bonds. The maximum atomic E-state index is 14.2. The fourth-order valence-electron chi connectivity index (χ4n) is 5.07. The fourth-order valence-corrected chi connectivity index (χ4v) is 5.23. The molecule has 1 unspecified atom stereocenters. The van der Waals surface area contributed by atoms with E-state index in [-0.39, 0.29) is 29.5 Å². The van der Waals surface area contributed by atoms with Crippen molar-refractivity contribution in [1.29, 1.82) is 5.26 Å². The van der Waals surface area contributed by atoms with Gasteiger partial charge in [0.1, 0.15) is 11.9 Å². The maximum absolute atomic E-state index is 14.2. The smallest absolute Gasteiger partial charge is 0.319 e. The number of benzene rings is 2. The minimum Gasteiger partial charge on any atom is -0.480 e. The van der Waals surface area contributed by atoms with Gasteiger partial charge >= 0.3 is 6.01 Å². The van der Waals surface area contributed by atoms with Crippen LogP contribution >= 0.6 is 11.6 Å². The fraction of sp³-hybridized carbons (Fsp3) is 0.276. The van der Waals surface area contributed by atoms with Crippen LogP contribution in [-0.2, 0) is 4.74 Å². The summed E-state index contributed by atoms with van der Waals surface area (Å²) in [5.41, 5.74) is 4.32. The average molecular weight is 559 g/mol. The van der Waals surface area contributed by atoms with Crippen LogP contribution in [-0.4, -0.2) is 53.4 Å². The average Bonchev–Trinajstić information content (AvgIpc) is 3.49. The zero-order valence-corrected chi connectivity index (χ0v) is 23.4. The number of aromatic nitrogens is 4. The molecule has 2 atom stereocenters. The number of imidazole rings is 1. The van der Waals surface area contributed by atoms with Crippen LogP contribution in [0.1, 0.15) is 51.9 Å². The minimum atomic E-state index is -0.571. The van der Waals surface area contributed by atoms with Crippen LogP contribution in [0.25, 0.3) is 11.4 Å². The Morgan fingerprint density at radius 1 is 1.10 bits per heavy atom. The number of carbonyl (C=O) groups is 1. The first-order valence-corrected chi connectivity index (χ1v) is 12.9. The van der Waals surface area contributed by atoms with Crippen molar-refractivity contribution >= 4 is 23.2 Å². The molecule has 3 heterocycles. The van der Waals surface area contributed by atoms with E-state index in [1.54, 1.807) is 42.5 Å². The minimum absolute atomic E-state index is 0.144. The number of hydrogen-bond donors (Lipinski definition) is 0. The molecule has 2 aromatic heterocycles. The lowest BCUT2D eigenvalue weighted by Gasteiger charge is -2.30. The Morgan fingerprint density at radius 2 is 1.85 bits per heavy atom. The number of amides is 1. The van der Waals surface area contributed by atoms with E-state index in [0.717, 1.165) is 11.1 Å². The topological polar surface area (TPSA) is 115 Å². The summed E-state index contributed by atoms with van der Waals surface area (Å²) in [6.45, 7) is 4.26. The van der Waals surface area contributed by atoms with Crippen molar-refractivity contribution in [2.45, 2.75) is 25.9 Å². The van der Waals surface area contributed by atoms with Gasteiger partial charge in [0.25, 0.3) is 5.91 Å². The van der Waals surface area contributed by atoms with E-state index in [1.165, 1.54) is 14.2 Å². The van der Waals surface area contributed by atoms with Crippen molar-refractivity contribution in [2.75, 3.05) is 32.8 Å². The molecule has 0 bridgehead atoms. The Balaban J connectivity index is 1.81. The van der Waals surface area contributed by atoms with Crippen LogP contribution in [0.4, 0.5) is 5.69 Å². The lowest BCUT2D eigenvalue weighted by molar-refractivity contribution is 0.0989. The van der Waals surface area contributed by atoms with Gasteiger partial charge in [-0.2, -0.15) is 10.2 Å². The number of methoxy groups -OCH3 is 3. The molecule has 0 fully saturated rings. The molecule has 0 saturated carbocycles. The SMILES string of the molecule is COC[C@@H](C)n1c(-c2cnc(OC)nc2OC)nc2c1C(c1ccc(C#N)cc1)N(c1cc(Cl)ccc1C)C2=O. The van der Waals surface area contributed by atoms with E-state index in [9.17, 15) is 10.1 Å². The summed E-state index contributed by atoms with van der Waals surface area (Å²) in [6.07, 6.45) is 1.57. The summed E-state index contributed by atoms with van der Waals surface area (Å²) in [5, 5.41) is 9.90. The largest absolute Gasteiger partial charge is 0.480 e. The van der Waals surface area contributed by atoms with Crippen LogP contribution in [0.15, 0.2) is 48.7 Å². The van der Waals surface area contributed by atoms with Crippen LogP contribution in [0.2, 0.25) is 5.02 Å². The molecule has 204 valence electrons. The number of rotatable bonds is 8. The van der Waals surface area contributed by atoms with E-state index < -0.39 is 6.04 Å². The summed E-state index contributed by atoms with van der Waals surface area (Å²) in [5.74, 6) is 0.433. The van der Waals surface area contributed by atoms with Gasteiger partial charge in [0.15, 0.2) is 5.69 Å². The Labute approximate surface area is 236 Å². The molecule has 0 N–H and O–H groups in total. The molecule has 11 heteroatoms. The Bertz CT molecular complexity index is 1630. The number of hydrogen-bond acceptors (Lipinski definition) is 8. The van der Waals surface area contributed by atoms with E-state index >= 15 is 0 Å². The van der Waals surface area contributed by atoms with Crippen molar-refractivity contribution in [3.63, 3.8) is 0 Å². The number of aryl methyl sites for hydroxylation is 1. The number of anilines is 1. The summed E-state index contributed by atoms with van der Waals surface area (Å²) in [4.78, 5) is 29.4. The maximum Gasteiger partial charge on any atom is 0.319 e. The van der Waals surface area contributed by atoms with Gasteiger partial charge in [0.05, 0.1) is 49.8 Å². The summed E-state index contributed by atoms with van der Waals surface area (Å²) in [7, 11) is 4.59. The second-order valence-electron chi connectivity index (χ2n) is 9.37. The number of fused-ring (bicyclic) bond motifs is 1. The second-order valence-corrected chi connectivity index (χ2v) is 9.80. The third-order valence-corrected chi connectivity index (χ3v) is 7.11. The van der Waals surface area contributed by atoms with E-state index in [4.69, 9.17) is 30.8 Å². The first-order valence-electron chi connectivity index (χ1n) is 12.5. The highest BCUT2D eigenvalue weighted by molar-refractivity contribution is 6.31. The molecule has 40 heavy (non-hydrogen) atoms. The number of nitriles is 1. The highest BCUT2D eigenvalue weighted by atomic mass is 35.5. The van der Waals surface area contributed by atoms with Crippen LogP contribution < -0.4 is 14.4 Å². The van der Waals surface area contributed by atoms with Gasteiger partial charge in [0.2, 0.25) is 5.88 Å². The Hall–Kier alpha value is -4.46. The molecule has 2 aromatic carbocycles. The molecular formula is C29H27ClN6O4. The van der Waals surface area contributed by atoms with Gasteiger partial charge in [-0.1, -0.05) is 29.8 Å². The zero-order chi connectivity index (χ0) is 28.6. The highest BCUT2D eigenvalue weighted by Gasteiger charge is 2.45. The number of ether oxygens (including phenoxy) is 3. The quantitative estimate of drug-likeness (QED) is 0.292. The molecular weight excluding hydrogens is 532 g/mol. The van der Waals surface area contributed by atoms with Gasteiger partial charge < -0.3 is 18.8 Å². The third-order valence-electron chi connectivity index (χ3n) is 6.87. The van der Waals surface area contributed by atoms with Gasteiger partial charge in [-0.05, 0) is 49.2 Å². The van der Waals surface area contributed by atoms with Crippen molar-refractivity contribution in [3.8, 4) is 29.3 Å². The third kappa shape index (κ3) is 4.53. The predicted molar refractivity (Wildman–Crippen MR) is 149 cm³/mol. The standard InChI is InChI=1S/C29H27ClN6O4/c1-16-6-11-20(30)12-22(16)36-24(19-9-7-18(13-31)8-10-19)25-23(28(36)37)33-26(35(25)17(2)15-38-3)21-14-32-29(40-5)34-27(21)39-4/h6-12,14,17,24H,15H2,1-5H3/t17-,24?/m1/s1. The van der Waals surface area contributed by atoms with Crippen molar-refractivity contribution < 1.29 is 19.0 Å². The zero-order valence-electron chi connectivity index (χ0n) is 22.7. The molecule has 0 saturated heterocycles. The first kappa shape index (κ1) is 27.1. The monoisotopic (exact) mass is 558 g/mol. The number of carbonyl (C=O) groups excluding carboxylic acids is 1. The molecule has 5 rings (SSSR count). The van der Waals surface area contributed by atoms with E-state index in [2.05, 4.69) is 16.0 Å². The summed E-state index contributed by atoms with van der Waals surface area (Å²) < 4.78 is 18.3. The second kappa shape index (κ2) is 11.0. The van der Waals surface area contributed by atoms with Crippen molar-refractivity contribution in [3.05, 3.63) is 81.8 Å². The summed E-state index contributed by atoms with van der Waals surface area (Å²) in [6, 6.07) is 14.1. The van der Waals surface area contributed by atoms with Crippen LogP contribution in [0.5, 0.6) is 11.9 Å². The van der Waals surface area contributed by atoms with Crippen LogP contribution in [0.3, 0.4) is 0 Å². The molecule has 1 aliphatic heterocycles. The molecule has 10 nitrogen and oxygen atoms in total.